The Bertz CT molecular complexity index is 1260. The molecule has 34 heavy (non-hydrogen) atoms. The van der Waals surface area contributed by atoms with Crippen molar-refractivity contribution >= 4 is 33.0 Å². The molecule has 0 atom stereocenters. The summed E-state index contributed by atoms with van der Waals surface area (Å²) in [6, 6.07) is 15.3. The molecule has 1 heterocycles. The summed E-state index contributed by atoms with van der Waals surface area (Å²) in [7, 11) is -3.86. The molecule has 0 spiro atoms. The molecule has 7 nitrogen and oxygen atoms in total. The number of nitrogens with one attached hydrogen (secondary N) is 2. The van der Waals surface area contributed by atoms with E-state index in [1.54, 1.807) is 24.3 Å². The van der Waals surface area contributed by atoms with Gasteiger partial charge in [0.1, 0.15) is 11.6 Å². The molecular weight excluding hydrogens is 464 g/mol. The number of carbonyl (C=O) groups is 1. The molecule has 0 radical (unpaired) electrons. The lowest BCUT2D eigenvalue weighted by molar-refractivity contribution is -0.115. The van der Waals surface area contributed by atoms with E-state index in [1.807, 2.05) is 4.90 Å². The van der Waals surface area contributed by atoms with Crippen LogP contribution in [0.25, 0.3) is 0 Å². The minimum Gasteiger partial charge on any atom is -0.378 e. The van der Waals surface area contributed by atoms with Crippen LogP contribution in [0.5, 0.6) is 0 Å². The smallest absolute Gasteiger partial charge is 0.261 e. The summed E-state index contributed by atoms with van der Waals surface area (Å²) in [5, 5.41) is 2.68. The average molecular weight is 488 g/mol. The number of ether oxygens (including phenoxy) is 1. The highest BCUT2D eigenvalue weighted by molar-refractivity contribution is 7.92. The molecule has 0 unspecified atom stereocenters. The molecule has 178 valence electrons. The minimum absolute atomic E-state index is 0.0256. The number of rotatable bonds is 7. The number of morpholine rings is 1. The lowest BCUT2D eigenvalue weighted by Gasteiger charge is -2.29. The van der Waals surface area contributed by atoms with Gasteiger partial charge in [-0.25, -0.2) is 17.2 Å². The summed E-state index contributed by atoms with van der Waals surface area (Å²) in [4.78, 5) is 14.2. The molecule has 0 saturated carbocycles. The van der Waals surface area contributed by atoms with Crippen molar-refractivity contribution in [1.82, 2.24) is 0 Å². The van der Waals surface area contributed by atoms with Crippen molar-refractivity contribution < 1.29 is 26.7 Å². The van der Waals surface area contributed by atoms with Gasteiger partial charge >= 0.3 is 0 Å². The second-order valence-electron chi connectivity index (χ2n) is 7.75. The fraction of sp³-hybridized carbons (Fsp3) is 0.208. The lowest BCUT2D eigenvalue weighted by Crippen LogP contribution is -2.36. The van der Waals surface area contributed by atoms with Crippen LogP contribution in [0.4, 0.5) is 25.8 Å². The van der Waals surface area contributed by atoms with Crippen molar-refractivity contribution in [3.63, 3.8) is 0 Å². The maximum absolute atomic E-state index is 14.5. The second-order valence-corrected chi connectivity index (χ2v) is 9.43. The van der Waals surface area contributed by atoms with Crippen molar-refractivity contribution in [3.05, 3.63) is 83.9 Å². The molecule has 10 heteroatoms. The van der Waals surface area contributed by atoms with E-state index in [2.05, 4.69) is 10.0 Å². The van der Waals surface area contributed by atoms with Gasteiger partial charge in [0.25, 0.3) is 10.0 Å². The first kappa shape index (κ1) is 23.7. The third-order valence-corrected chi connectivity index (χ3v) is 6.68. The normalized spacial score (nSPS) is 14.0. The van der Waals surface area contributed by atoms with E-state index in [9.17, 15) is 22.0 Å². The molecule has 1 saturated heterocycles. The largest absolute Gasteiger partial charge is 0.378 e. The Morgan fingerprint density at radius 1 is 0.912 bits per heavy atom. The Kier molecular flexibility index (Phi) is 7.09. The molecule has 1 aliphatic heterocycles. The number of benzene rings is 3. The predicted molar refractivity (Wildman–Crippen MR) is 125 cm³/mol. The molecule has 2 N–H and O–H groups in total. The van der Waals surface area contributed by atoms with E-state index in [0.717, 1.165) is 12.1 Å². The van der Waals surface area contributed by atoms with Gasteiger partial charge in [0.05, 0.1) is 30.2 Å². The van der Waals surface area contributed by atoms with Gasteiger partial charge < -0.3 is 15.0 Å². The predicted octanol–water partition coefficient (Wildman–Crippen LogP) is 3.78. The Hall–Kier alpha value is -3.50. The highest BCUT2D eigenvalue weighted by Gasteiger charge is 2.17. The van der Waals surface area contributed by atoms with Crippen molar-refractivity contribution in [2.75, 3.05) is 41.2 Å². The third-order valence-electron chi connectivity index (χ3n) is 5.28. The first-order valence-corrected chi connectivity index (χ1v) is 12.1. The molecule has 1 fully saturated rings. The summed E-state index contributed by atoms with van der Waals surface area (Å²) in [5.74, 6) is -1.28. The number of hydrogen-bond donors (Lipinski definition) is 2. The lowest BCUT2D eigenvalue weighted by atomic mass is 10.1. The fourth-order valence-corrected chi connectivity index (χ4v) is 4.61. The number of sulfonamides is 1. The Labute approximate surface area is 196 Å². The molecule has 0 aromatic heterocycles. The molecular formula is C24H23F2N3O4S. The molecule has 0 bridgehead atoms. The van der Waals surface area contributed by atoms with Gasteiger partial charge in [0.2, 0.25) is 5.91 Å². The van der Waals surface area contributed by atoms with Gasteiger partial charge in [0, 0.05) is 24.5 Å². The van der Waals surface area contributed by atoms with E-state index in [0.29, 0.717) is 48.9 Å². The van der Waals surface area contributed by atoms with Crippen LogP contribution in [0, 0.1) is 11.6 Å². The highest BCUT2D eigenvalue weighted by Crippen LogP contribution is 2.24. The standard InChI is InChI=1S/C24H23F2N3O4S/c25-18-3-8-21(9-4-18)34(31,32)28-19-5-1-17(2-6-19)15-24(30)27-20-7-10-23(22(26)16-20)29-11-13-33-14-12-29/h1-10,16,28H,11-15H2,(H,27,30). The van der Waals surface area contributed by atoms with E-state index in [-0.39, 0.29) is 17.2 Å². The van der Waals surface area contributed by atoms with E-state index in [1.165, 1.54) is 30.3 Å². The number of nitrogens with zero attached hydrogens (tertiary/aromatic N) is 1. The van der Waals surface area contributed by atoms with Gasteiger partial charge in [0.15, 0.2) is 0 Å². The maximum Gasteiger partial charge on any atom is 0.261 e. The average Bonchev–Trinajstić information content (AvgIpc) is 2.81. The van der Waals surface area contributed by atoms with Crippen molar-refractivity contribution in [3.8, 4) is 0 Å². The number of hydrogen-bond acceptors (Lipinski definition) is 5. The summed E-state index contributed by atoms with van der Waals surface area (Å²) in [5.41, 5.74) is 1.77. The zero-order valence-corrected chi connectivity index (χ0v) is 18.9. The van der Waals surface area contributed by atoms with Crippen molar-refractivity contribution in [2.45, 2.75) is 11.3 Å². The van der Waals surface area contributed by atoms with Crippen molar-refractivity contribution in [2.24, 2.45) is 0 Å². The number of amides is 1. The van der Waals surface area contributed by atoms with Crippen molar-refractivity contribution in [1.29, 1.82) is 0 Å². The Morgan fingerprint density at radius 2 is 1.56 bits per heavy atom. The molecule has 4 rings (SSSR count). The van der Waals surface area contributed by atoms with Gasteiger partial charge in [-0.3, -0.25) is 9.52 Å². The summed E-state index contributed by atoms with van der Waals surface area (Å²) >= 11 is 0. The molecule has 0 aliphatic carbocycles. The summed E-state index contributed by atoms with van der Waals surface area (Å²) in [6.07, 6.45) is 0.0256. The molecule has 3 aromatic rings. The van der Waals surface area contributed by atoms with E-state index < -0.39 is 21.7 Å². The van der Waals surface area contributed by atoms with Crippen LogP contribution < -0.4 is 14.9 Å². The van der Waals surface area contributed by atoms with Crippen LogP contribution in [-0.2, 0) is 26.0 Å². The first-order chi connectivity index (χ1) is 16.3. The second kappa shape index (κ2) is 10.2. The van der Waals surface area contributed by atoms with Gasteiger partial charge in [-0.15, -0.1) is 0 Å². The fourth-order valence-electron chi connectivity index (χ4n) is 3.55. The van der Waals surface area contributed by atoms with Crippen LogP contribution in [0.1, 0.15) is 5.56 Å². The van der Waals surface area contributed by atoms with Crippen LogP contribution in [0.2, 0.25) is 0 Å². The van der Waals surface area contributed by atoms with E-state index >= 15 is 0 Å². The molecule has 1 aliphatic rings. The Morgan fingerprint density at radius 3 is 2.21 bits per heavy atom. The minimum atomic E-state index is -3.86. The van der Waals surface area contributed by atoms with E-state index in [4.69, 9.17) is 4.74 Å². The molecule has 3 aromatic carbocycles. The number of halogens is 2. The SMILES string of the molecule is O=C(Cc1ccc(NS(=O)(=O)c2ccc(F)cc2)cc1)Nc1ccc(N2CCOCC2)c(F)c1. The van der Waals surface area contributed by atoms with Crippen LogP contribution in [0.3, 0.4) is 0 Å². The van der Waals surface area contributed by atoms with Gasteiger partial charge in [-0.1, -0.05) is 12.1 Å². The first-order valence-electron chi connectivity index (χ1n) is 10.6. The summed E-state index contributed by atoms with van der Waals surface area (Å²) in [6.45, 7) is 2.31. The third kappa shape index (κ3) is 5.89. The van der Waals surface area contributed by atoms with Crippen LogP contribution in [0.15, 0.2) is 71.6 Å². The number of carbonyl (C=O) groups excluding carboxylic acids is 1. The zero-order chi connectivity index (χ0) is 24.1. The summed E-state index contributed by atoms with van der Waals surface area (Å²) < 4.78 is 60.0. The zero-order valence-electron chi connectivity index (χ0n) is 18.1. The highest BCUT2D eigenvalue weighted by atomic mass is 32.2. The topological polar surface area (TPSA) is 87.7 Å². The quantitative estimate of drug-likeness (QED) is 0.530. The van der Waals surface area contributed by atoms with Gasteiger partial charge in [-0.2, -0.15) is 0 Å². The van der Waals surface area contributed by atoms with Crippen LogP contribution in [-0.4, -0.2) is 40.6 Å². The molecule has 1 amide bonds. The van der Waals surface area contributed by atoms with Crippen LogP contribution >= 0.6 is 0 Å². The number of anilines is 3. The monoisotopic (exact) mass is 487 g/mol. The van der Waals surface area contributed by atoms with Gasteiger partial charge in [-0.05, 0) is 60.2 Å². The Balaban J connectivity index is 1.34. The maximum atomic E-state index is 14.5.